The molecule has 0 bridgehead atoms. The number of nitrogens with one attached hydrogen (secondary N) is 1. The highest BCUT2D eigenvalue weighted by molar-refractivity contribution is 4.98. The van der Waals surface area contributed by atoms with Crippen LogP contribution in [0.3, 0.4) is 0 Å². The number of rotatable bonds is 8. The third-order valence-electron chi connectivity index (χ3n) is 5.07. The Labute approximate surface area is 126 Å². The van der Waals surface area contributed by atoms with Crippen LogP contribution in [-0.2, 0) is 4.74 Å². The van der Waals surface area contributed by atoms with Gasteiger partial charge in [0, 0.05) is 44.4 Å². The second-order valence-electron chi connectivity index (χ2n) is 6.95. The Morgan fingerprint density at radius 2 is 1.90 bits per heavy atom. The average Bonchev–Trinajstić information content (AvgIpc) is 2.45. The van der Waals surface area contributed by atoms with Crippen molar-refractivity contribution in [3.8, 4) is 0 Å². The van der Waals surface area contributed by atoms with E-state index in [4.69, 9.17) is 4.74 Å². The summed E-state index contributed by atoms with van der Waals surface area (Å²) in [6.07, 6.45) is 4.85. The van der Waals surface area contributed by atoms with Gasteiger partial charge in [0.05, 0.1) is 0 Å². The fourth-order valence-corrected chi connectivity index (χ4v) is 3.44. The zero-order valence-corrected chi connectivity index (χ0v) is 14.5. The molecule has 0 aromatic rings. The molecule has 0 aromatic heterocycles. The molecule has 1 heterocycles. The number of ether oxygens (including phenoxy) is 1. The third kappa shape index (κ3) is 4.71. The third-order valence-corrected chi connectivity index (χ3v) is 5.07. The lowest BCUT2D eigenvalue weighted by atomic mass is 9.86. The fraction of sp³-hybridized carbons (Fsp3) is 1.00. The molecule has 1 rings (SSSR count). The SMILES string of the molecule is CCC1(CC)CN(C(C)CCOC)C(CC(C)C)CN1. The number of hydrogen-bond acceptors (Lipinski definition) is 3. The van der Waals surface area contributed by atoms with E-state index in [0.29, 0.717) is 17.6 Å². The van der Waals surface area contributed by atoms with Crippen LogP contribution in [0.25, 0.3) is 0 Å². The minimum atomic E-state index is 0.314. The molecule has 2 atom stereocenters. The summed E-state index contributed by atoms with van der Waals surface area (Å²) in [5, 5.41) is 3.86. The molecule has 1 aliphatic heterocycles. The Bertz CT molecular complexity index is 264. The van der Waals surface area contributed by atoms with Crippen LogP contribution in [0, 0.1) is 5.92 Å². The Morgan fingerprint density at radius 1 is 1.25 bits per heavy atom. The highest BCUT2D eigenvalue weighted by Crippen LogP contribution is 2.27. The van der Waals surface area contributed by atoms with E-state index in [0.717, 1.165) is 25.5 Å². The summed E-state index contributed by atoms with van der Waals surface area (Å²) in [6, 6.07) is 1.28. The van der Waals surface area contributed by atoms with E-state index in [1.54, 1.807) is 7.11 Å². The quantitative estimate of drug-likeness (QED) is 0.740. The van der Waals surface area contributed by atoms with Crippen LogP contribution in [-0.4, -0.2) is 49.3 Å². The second-order valence-corrected chi connectivity index (χ2v) is 6.95. The van der Waals surface area contributed by atoms with Gasteiger partial charge < -0.3 is 10.1 Å². The minimum absolute atomic E-state index is 0.314. The van der Waals surface area contributed by atoms with Gasteiger partial charge in [0.15, 0.2) is 0 Å². The molecule has 20 heavy (non-hydrogen) atoms. The van der Waals surface area contributed by atoms with Gasteiger partial charge in [-0.15, -0.1) is 0 Å². The van der Waals surface area contributed by atoms with E-state index in [1.807, 2.05) is 0 Å². The van der Waals surface area contributed by atoms with E-state index in [9.17, 15) is 0 Å². The largest absolute Gasteiger partial charge is 0.385 e. The van der Waals surface area contributed by atoms with E-state index < -0.39 is 0 Å². The van der Waals surface area contributed by atoms with Gasteiger partial charge in [-0.25, -0.2) is 0 Å². The maximum Gasteiger partial charge on any atom is 0.0477 e. The molecule has 120 valence electrons. The molecule has 1 aliphatic rings. The lowest BCUT2D eigenvalue weighted by Gasteiger charge is -2.50. The van der Waals surface area contributed by atoms with Crippen molar-refractivity contribution in [3.05, 3.63) is 0 Å². The van der Waals surface area contributed by atoms with Crippen LogP contribution in [0.5, 0.6) is 0 Å². The first-order chi connectivity index (χ1) is 9.48. The topological polar surface area (TPSA) is 24.5 Å². The van der Waals surface area contributed by atoms with Gasteiger partial charge >= 0.3 is 0 Å². The molecule has 1 N–H and O–H groups in total. The Morgan fingerprint density at radius 3 is 2.40 bits per heavy atom. The molecular weight excluding hydrogens is 248 g/mol. The molecule has 1 fully saturated rings. The van der Waals surface area contributed by atoms with Crippen LogP contribution < -0.4 is 5.32 Å². The lowest BCUT2D eigenvalue weighted by molar-refractivity contribution is 0.0223. The van der Waals surface area contributed by atoms with Gasteiger partial charge in [-0.2, -0.15) is 0 Å². The normalized spacial score (nSPS) is 25.1. The van der Waals surface area contributed by atoms with Crippen LogP contribution in [0.2, 0.25) is 0 Å². The van der Waals surface area contributed by atoms with Crippen LogP contribution >= 0.6 is 0 Å². The first-order valence-electron chi connectivity index (χ1n) is 8.47. The molecule has 3 nitrogen and oxygen atoms in total. The molecule has 0 amide bonds. The van der Waals surface area contributed by atoms with Crippen molar-refractivity contribution in [2.24, 2.45) is 5.92 Å². The maximum absolute atomic E-state index is 5.28. The smallest absolute Gasteiger partial charge is 0.0477 e. The maximum atomic E-state index is 5.28. The van der Waals surface area contributed by atoms with E-state index >= 15 is 0 Å². The predicted molar refractivity (Wildman–Crippen MR) is 87.2 cm³/mol. The van der Waals surface area contributed by atoms with E-state index in [2.05, 4.69) is 44.8 Å². The standard InChI is InChI=1S/C17H36N2O/c1-7-17(8-2)13-19(15(5)9-10-20-6)16(12-18-17)11-14(3)4/h14-16,18H,7-13H2,1-6H3. The molecule has 0 aliphatic carbocycles. The molecule has 0 spiro atoms. The fourth-order valence-electron chi connectivity index (χ4n) is 3.44. The number of methoxy groups -OCH3 is 1. The van der Waals surface area contributed by atoms with Crippen LogP contribution in [0.15, 0.2) is 0 Å². The Kier molecular flexibility index (Phi) is 7.49. The van der Waals surface area contributed by atoms with Crippen LogP contribution in [0.1, 0.15) is 60.3 Å². The van der Waals surface area contributed by atoms with Crippen molar-refractivity contribution in [2.45, 2.75) is 77.9 Å². The zero-order valence-electron chi connectivity index (χ0n) is 14.5. The van der Waals surface area contributed by atoms with Crippen molar-refractivity contribution < 1.29 is 4.74 Å². The molecular formula is C17H36N2O. The van der Waals surface area contributed by atoms with E-state index in [-0.39, 0.29) is 0 Å². The van der Waals surface area contributed by atoms with Crippen molar-refractivity contribution in [1.29, 1.82) is 0 Å². The first kappa shape index (κ1) is 17.9. The number of nitrogens with zero attached hydrogens (tertiary/aromatic N) is 1. The van der Waals surface area contributed by atoms with Gasteiger partial charge in [-0.1, -0.05) is 27.7 Å². The highest BCUT2D eigenvalue weighted by Gasteiger charge is 2.38. The molecule has 3 heteroatoms. The van der Waals surface area contributed by atoms with Gasteiger partial charge in [0.25, 0.3) is 0 Å². The summed E-state index contributed by atoms with van der Waals surface area (Å²) in [7, 11) is 1.80. The van der Waals surface area contributed by atoms with Gasteiger partial charge in [0.1, 0.15) is 0 Å². The van der Waals surface area contributed by atoms with Gasteiger partial charge in [0.2, 0.25) is 0 Å². The van der Waals surface area contributed by atoms with Crippen molar-refractivity contribution in [3.63, 3.8) is 0 Å². The Hall–Kier alpha value is -0.120. The number of piperazine rings is 1. The van der Waals surface area contributed by atoms with Gasteiger partial charge in [-0.05, 0) is 38.5 Å². The highest BCUT2D eigenvalue weighted by atomic mass is 16.5. The summed E-state index contributed by atoms with van der Waals surface area (Å²) >= 11 is 0. The van der Waals surface area contributed by atoms with Crippen molar-refractivity contribution in [2.75, 3.05) is 26.8 Å². The Balaban J connectivity index is 2.76. The zero-order chi connectivity index (χ0) is 15.2. The predicted octanol–water partition coefficient (Wildman–Crippen LogP) is 3.29. The minimum Gasteiger partial charge on any atom is -0.385 e. The lowest BCUT2D eigenvalue weighted by Crippen LogP contribution is -2.65. The molecule has 2 unspecified atom stereocenters. The monoisotopic (exact) mass is 284 g/mol. The average molecular weight is 284 g/mol. The number of hydrogen-bond donors (Lipinski definition) is 1. The van der Waals surface area contributed by atoms with Crippen molar-refractivity contribution >= 4 is 0 Å². The van der Waals surface area contributed by atoms with Crippen molar-refractivity contribution in [1.82, 2.24) is 10.2 Å². The molecule has 0 aromatic carbocycles. The summed E-state index contributed by atoms with van der Waals surface area (Å²) in [5.74, 6) is 0.759. The summed E-state index contributed by atoms with van der Waals surface area (Å²) in [6.45, 7) is 14.9. The van der Waals surface area contributed by atoms with Gasteiger partial charge in [-0.3, -0.25) is 4.90 Å². The van der Waals surface area contributed by atoms with Crippen LogP contribution in [0.4, 0.5) is 0 Å². The summed E-state index contributed by atoms with van der Waals surface area (Å²) < 4.78 is 5.28. The van der Waals surface area contributed by atoms with E-state index in [1.165, 1.54) is 25.8 Å². The molecule has 0 saturated carbocycles. The molecule has 1 saturated heterocycles. The summed E-state index contributed by atoms with van der Waals surface area (Å²) in [4.78, 5) is 2.75. The second kappa shape index (κ2) is 8.35. The summed E-state index contributed by atoms with van der Waals surface area (Å²) in [5.41, 5.74) is 0.314. The molecule has 0 radical (unpaired) electrons. The first-order valence-corrected chi connectivity index (χ1v) is 8.47.